The van der Waals surface area contributed by atoms with Crippen molar-refractivity contribution in [2.24, 2.45) is 0 Å². The molecule has 1 aliphatic rings. The molecule has 0 bridgehead atoms. The van der Waals surface area contributed by atoms with Gasteiger partial charge in [-0.05, 0) is 47.2 Å². The molecule has 3 aromatic heterocycles. The highest BCUT2D eigenvalue weighted by Gasteiger charge is 2.17. The monoisotopic (exact) mass is 411 g/mol. The molecule has 132 valence electrons. The number of likely N-dealkylation sites (N-methyl/N-ethyl adjacent to an activating group) is 1. The molecule has 0 unspecified atom stereocenters. The zero-order valence-electron chi connectivity index (χ0n) is 14.3. The van der Waals surface area contributed by atoms with Crippen molar-refractivity contribution in [2.45, 2.75) is 0 Å². The zero-order chi connectivity index (χ0) is 17.7. The average molecular weight is 412 g/mol. The van der Waals surface area contributed by atoms with Gasteiger partial charge in [0, 0.05) is 42.5 Å². The summed E-state index contributed by atoms with van der Waals surface area (Å²) in [6, 6.07) is 8.42. The third-order valence-electron chi connectivity index (χ3n) is 4.94. The largest absolute Gasteiger partial charge is 0.369 e. The smallest absolute Gasteiger partial charge is 0.159 e. The molecule has 4 heterocycles. The van der Waals surface area contributed by atoms with E-state index in [0.717, 1.165) is 64.2 Å². The molecule has 0 radical (unpaired) electrons. The first-order valence-electron chi connectivity index (χ1n) is 8.61. The highest BCUT2D eigenvalue weighted by Crippen LogP contribution is 2.28. The Kier molecular flexibility index (Phi) is 3.68. The van der Waals surface area contributed by atoms with Crippen LogP contribution in [0.3, 0.4) is 0 Å². The summed E-state index contributed by atoms with van der Waals surface area (Å²) in [7, 11) is 2.17. The molecular weight excluding hydrogens is 394 g/mol. The van der Waals surface area contributed by atoms with Crippen LogP contribution in [0, 0.1) is 0 Å². The van der Waals surface area contributed by atoms with Crippen LogP contribution in [0.1, 0.15) is 0 Å². The van der Waals surface area contributed by atoms with Crippen LogP contribution < -0.4 is 4.90 Å². The van der Waals surface area contributed by atoms with Crippen LogP contribution in [-0.2, 0) is 0 Å². The molecule has 5 rings (SSSR count). The molecule has 1 aromatic carbocycles. The minimum Gasteiger partial charge on any atom is -0.369 e. The molecule has 0 atom stereocenters. The number of pyridine rings is 1. The number of nitrogens with zero attached hydrogens (tertiary/aromatic N) is 5. The van der Waals surface area contributed by atoms with Crippen molar-refractivity contribution in [1.82, 2.24) is 30.0 Å². The quantitative estimate of drug-likeness (QED) is 0.530. The lowest BCUT2D eigenvalue weighted by atomic mass is 10.2. The van der Waals surface area contributed by atoms with E-state index in [1.807, 2.05) is 6.07 Å². The van der Waals surface area contributed by atoms with Crippen molar-refractivity contribution >= 4 is 43.7 Å². The second-order valence-electron chi connectivity index (χ2n) is 6.70. The van der Waals surface area contributed by atoms with Crippen LogP contribution in [0.15, 0.2) is 34.9 Å². The SMILES string of the molecule is CN1CCN(c2ccc3[nH]c(-c4n[nH]c5ncc(Br)cc45)nc3c2)CC1. The first-order chi connectivity index (χ1) is 12.7. The number of H-pyrrole nitrogens is 2. The van der Waals surface area contributed by atoms with Gasteiger partial charge in [-0.15, -0.1) is 0 Å². The molecule has 7 nitrogen and oxygen atoms in total. The lowest BCUT2D eigenvalue weighted by Gasteiger charge is -2.34. The Labute approximate surface area is 158 Å². The van der Waals surface area contributed by atoms with Crippen LogP contribution >= 0.6 is 15.9 Å². The van der Waals surface area contributed by atoms with Crippen molar-refractivity contribution in [3.8, 4) is 11.5 Å². The average Bonchev–Trinajstić information content (AvgIpc) is 3.24. The molecule has 2 N–H and O–H groups in total. The van der Waals surface area contributed by atoms with Gasteiger partial charge in [-0.25, -0.2) is 9.97 Å². The molecule has 1 aliphatic heterocycles. The minimum atomic E-state index is 0.752. The normalized spacial score (nSPS) is 16.0. The fourth-order valence-corrected chi connectivity index (χ4v) is 3.76. The predicted octanol–water partition coefficient (Wildman–Crippen LogP) is 3.02. The van der Waals surface area contributed by atoms with Gasteiger partial charge in [0.05, 0.1) is 16.4 Å². The highest BCUT2D eigenvalue weighted by atomic mass is 79.9. The molecule has 4 aromatic rings. The number of hydrogen-bond donors (Lipinski definition) is 2. The summed E-state index contributed by atoms with van der Waals surface area (Å²) in [6.45, 7) is 4.27. The zero-order valence-corrected chi connectivity index (χ0v) is 15.9. The van der Waals surface area contributed by atoms with Gasteiger partial charge >= 0.3 is 0 Å². The summed E-state index contributed by atoms with van der Waals surface area (Å²) < 4.78 is 0.918. The highest BCUT2D eigenvalue weighted by molar-refractivity contribution is 9.10. The predicted molar refractivity (Wildman–Crippen MR) is 106 cm³/mol. The van der Waals surface area contributed by atoms with Gasteiger partial charge in [-0.1, -0.05) is 0 Å². The van der Waals surface area contributed by atoms with Gasteiger partial charge in [-0.3, -0.25) is 5.10 Å². The Morgan fingerprint density at radius 3 is 2.81 bits per heavy atom. The van der Waals surface area contributed by atoms with Crippen molar-refractivity contribution in [3.05, 3.63) is 34.9 Å². The van der Waals surface area contributed by atoms with Crippen molar-refractivity contribution in [2.75, 3.05) is 38.1 Å². The van der Waals surface area contributed by atoms with Gasteiger partial charge < -0.3 is 14.8 Å². The molecule has 8 heteroatoms. The Hall–Kier alpha value is -2.45. The van der Waals surface area contributed by atoms with Gasteiger partial charge in [0.2, 0.25) is 0 Å². The van der Waals surface area contributed by atoms with Gasteiger partial charge in [0.25, 0.3) is 0 Å². The lowest BCUT2D eigenvalue weighted by molar-refractivity contribution is 0.313. The maximum atomic E-state index is 4.79. The van der Waals surface area contributed by atoms with Crippen LogP contribution in [0.5, 0.6) is 0 Å². The van der Waals surface area contributed by atoms with E-state index in [9.17, 15) is 0 Å². The molecule has 1 saturated heterocycles. The molecular formula is C18H18BrN7. The van der Waals surface area contributed by atoms with E-state index < -0.39 is 0 Å². The molecule has 26 heavy (non-hydrogen) atoms. The number of anilines is 1. The van der Waals surface area contributed by atoms with E-state index in [1.54, 1.807) is 6.20 Å². The lowest BCUT2D eigenvalue weighted by Crippen LogP contribution is -2.44. The van der Waals surface area contributed by atoms with E-state index >= 15 is 0 Å². The number of aromatic amines is 2. The van der Waals surface area contributed by atoms with Crippen LogP contribution in [-0.4, -0.2) is 63.3 Å². The molecule has 0 aliphatic carbocycles. The number of hydrogen-bond acceptors (Lipinski definition) is 5. The summed E-state index contributed by atoms with van der Waals surface area (Å²) in [5, 5.41) is 8.32. The van der Waals surface area contributed by atoms with E-state index in [2.05, 4.69) is 71.1 Å². The Balaban J connectivity index is 1.54. The van der Waals surface area contributed by atoms with Crippen LogP contribution in [0.4, 0.5) is 5.69 Å². The molecule has 1 fully saturated rings. The number of halogens is 1. The number of aromatic nitrogens is 5. The molecule has 0 saturated carbocycles. The maximum Gasteiger partial charge on any atom is 0.159 e. The summed E-state index contributed by atoms with van der Waals surface area (Å²) in [6.07, 6.45) is 1.76. The van der Waals surface area contributed by atoms with E-state index in [0.29, 0.717) is 0 Å². The number of benzene rings is 1. The summed E-state index contributed by atoms with van der Waals surface area (Å²) in [4.78, 5) is 17.3. The second kappa shape index (κ2) is 6.07. The Bertz CT molecular complexity index is 1090. The van der Waals surface area contributed by atoms with Gasteiger partial charge in [0.15, 0.2) is 11.5 Å². The minimum absolute atomic E-state index is 0.752. The van der Waals surface area contributed by atoms with Crippen LogP contribution in [0.2, 0.25) is 0 Å². The number of rotatable bonds is 2. The van der Waals surface area contributed by atoms with E-state index in [-0.39, 0.29) is 0 Å². The summed E-state index contributed by atoms with van der Waals surface area (Å²) in [5.74, 6) is 0.752. The van der Waals surface area contributed by atoms with Gasteiger partial charge in [-0.2, -0.15) is 5.10 Å². The van der Waals surface area contributed by atoms with Crippen molar-refractivity contribution in [3.63, 3.8) is 0 Å². The third kappa shape index (κ3) is 2.65. The second-order valence-corrected chi connectivity index (χ2v) is 7.61. The van der Waals surface area contributed by atoms with Crippen molar-refractivity contribution in [1.29, 1.82) is 0 Å². The number of fused-ring (bicyclic) bond motifs is 2. The summed E-state index contributed by atoms with van der Waals surface area (Å²) >= 11 is 3.47. The fraction of sp³-hybridized carbons (Fsp3) is 0.278. The Morgan fingerprint density at radius 2 is 1.96 bits per heavy atom. The maximum absolute atomic E-state index is 4.79. The number of piperazine rings is 1. The standard InChI is InChI=1S/C18H18BrN7/c1-25-4-6-26(7-5-25)12-2-3-14-15(9-12)22-18(21-14)16-13-8-11(19)10-20-17(13)24-23-16/h2-3,8-10H,4-7H2,1H3,(H,21,22)(H,20,23,24). The van der Waals surface area contributed by atoms with E-state index in [1.165, 1.54) is 5.69 Å². The Morgan fingerprint density at radius 1 is 1.12 bits per heavy atom. The topological polar surface area (TPSA) is 76.7 Å². The first-order valence-corrected chi connectivity index (χ1v) is 9.40. The van der Waals surface area contributed by atoms with Crippen LogP contribution in [0.25, 0.3) is 33.6 Å². The van der Waals surface area contributed by atoms with Gasteiger partial charge in [0.1, 0.15) is 5.69 Å². The van der Waals surface area contributed by atoms with Crippen molar-refractivity contribution < 1.29 is 0 Å². The molecule has 0 spiro atoms. The number of imidazole rings is 1. The number of nitrogens with one attached hydrogen (secondary N) is 2. The fourth-order valence-electron chi connectivity index (χ4n) is 3.43. The molecule has 0 amide bonds. The first kappa shape index (κ1) is 15.8. The summed E-state index contributed by atoms with van der Waals surface area (Å²) in [5.41, 5.74) is 4.72. The van der Waals surface area contributed by atoms with E-state index in [4.69, 9.17) is 4.98 Å². The third-order valence-corrected chi connectivity index (χ3v) is 5.38.